The molecule has 0 fully saturated rings. The molecule has 29 heteroatoms. The first-order valence-corrected chi connectivity index (χ1v) is 21.8. The van der Waals surface area contributed by atoms with Crippen LogP contribution in [-0.2, 0) is 40.5 Å². The monoisotopic (exact) mass is 1050 g/mol. The molecule has 0 atom stereocenters. The molecule has 0 aliphatic carbocycles. The SMILES string of the molecule is O=S(=O)(O)c1cc([O-])c2c(N=C([O-])c3cccc(N=C(O)Nc4cccc(C([O-])=Nc5cc(S(=O)(=O)O)cc6cc(S(=O)(=O)O)cc([O-])c56)c4)c3)cc(S(=O)(=O)O)cc2c1.[K+].[K+].[K+].[K+]. The summed E-state index contributed by atoms with van der Waals surface area (Å²) in [5.74, 6) is -4.33. The second-order valence-corrected chi connectivity index (χ2v) is 18.0. The summed E-state index contributed by atoms with van der Waals surface area (Å²) in [4.78, 5) is 8.01. The number of anilines is 1. The predicted molar refractivity (Wildman–Crippen MR) is 205 cm³/mol. The molecular formula is C35H22K4N4O17S4. The first kappa shape index (κ1) is 60.0. The van der Waals surface area contributed by atoms with E-state index < -0.39 is 122 Å². The average molecular weight is 1060 g/mol. The third-order valence-electron chi connectivity index (χ3n) is 8.21. The summed E-state index contributed by atoms with van der Waals surface area (Å²) in [6.07, 6.45) is 0. The first-order valence-electron chi connectivity index (χ1n) is 16.0. The van der Waals surface area contributed by atoms with Gasteiger partial charge in [-0.15, -0.1) is 0 Å². The molecule has 0 heterocycles. The Morgan fingerprint density at radius 2 is 0.844 bits per heavy atom. The summed E-state index contributed by atoms with van der Waals surface area (Å²) < 4.78 is 132. The maximum Gasteiger partial charge on any atom is 1.00 e. The molecule has 64 heavy (non-hydrogen) atoms. The number of nitrogens with one attached hydrogen (secondary N) is 1. The van der Waals surface area contributed by atoms with Gasteiger partial charge in [0, 0.05) is 5.69 Å². The van der Waals surface area contributed by atoms with Crippen LogP contribution in [0, 0.1) is 0 Å². The third-order valence-corrected chi connectivity index (χ3v) is 11.5. The van der Waals surface area contributed by atoms with Crippen LogP contribution >= 0.6 is 0 Å². The van der Waals surface area contributed by atoms with Gasteiger partial charge in [-0.25, -0.2) is 0 Å². The smallest absolute Gasteiger partial charge is 0.872 e. The van der Waals surface area contributed by atoms with E-state index in [-0.39, 0.29) is 228 Å². The number of rotatable bonds is 10. The van der Waals surface area contributed by atoms with Gasteiger partial charge in [0.2, 0.25) is 0 Å². The quantitative estimate of drug-likeness (QED) is 0.0321. The average Bonchev–Trinajstić information content (AvgIpc) is 3.12. The van der Waals surface area contributed by atoms with Crippen LogP contribution in [0.2, 0.25) is 0 Å². The van der Waals surface area contributed by atoms with Crippen molar-refractivity contribution in [3.8, 4) is 11.5 Å². The minimum Gasteiger partial charge on any atom is -0.872 e. The zero-order valence-corrected chi connectivity index (χ0v) is 49.1. The number of aliphatic hydroxyl groups excluding tert-OH is 1. The summed E-state index contributed by atoms with van der Waals surface area (Å²) in [5, 5.41) is 63.7. The molecule has 0 saturated heterocycles. The Kier molecular flexibility index (Phi) is 22.1. The van der Waals surface area contributed by atoms with Crippen LogP contribution in [0.5, 0.6) is 11.5 Å². The van der Waals surface area contributed by atoms with E-state index in [1.54, 1.807) is 0 Å². The van der Waals surface area contributed by atoms with Gasteiger partial charge in [-0.3, -0.25) is 28.2 Å². The number of benzene rings is 6. The Bertz CT molecular complexity index is 3360. The molecule has 312 valence electrons. The minimum atomic E-state index is -4.99. The zero-order chi connectivity index (χ0) is 44.1. The van der Waals surface area contributed by atoms with Gasteiger partial charge in [0.15, 0.2) is 0 Å². The summed E-state index contributed by atoms with van der Waals surface area (Å²) in [6.45, 7) is 0. The second kappa shape index (κ2) is 23.6. The van der Waals surface area contributed by atoms with Gasteiger partial charge in [0.05, 0.1) is 36.6 Å². The van der Waals surface area contributed by atoms with Gasteiger partial charge >= 0.3 is 206 Å². The largest absolute Gasteiger partial charge is 1.00 e. The molecule has 0 aromatic heterocycles. The molecule has 0 radical (unpaired) electrons. The number of hydrogen-bond donors (Lipinski definition) is 6. The Morgan fingerprint density at radius 1 is 0.484 bits per heavy atom. The molecule has 0 unspecified atom stereocenters. The van der Waals surface area contributed by atoms with E-state index in [2.05, 4.69) is 20.3 Å². The number of amidine groups is 1. The number of hydrogen-bond acceptors (Lipinski definition) is 15. The van der Waals surface area contributed by atoms with Crippen LogP contribution in [0.3, 0.4) is 0 Å². The number of nitrogens with zero attached hydrogens (tertiary/aromatic N) is 3. The Balaban J connectivity index is 0.00000352. The van der Waals surface area contributed by atoms with E-state index in [0.717, 1.165) is 36.4 Å². The standard InChI is InChI=1S/C35H26N4O17S4.4K/c40-29-15-25(59(51,52)53)11-19-9-23(57(45,46)47)13-27(31(19)29)38-33(42)17-3-1-5-21(7-17)36-35(44)37-22-6-2-4-18(8-22)34(43)39-28-14-24(58(48,49)50)10-20-12-26(60(54,55)56)16-30(41)32(20)28;;;;/h1-16,40-41H,(H,38,42)(H,39,43)(H2,36,37,44)(H,45,46,47)(H,48,49,50)(H,51,52,53)(H,54,55,56);;;;/q;4*+1/p-4. The number of aliphatic imine (C=N–C) groups is 3. The van der Waals surface area contributed by atoms with E-state index in [9.17, 15) is 77.4 Å². The number of aliphatic hydroxyl groups is 1. The molecule has 0 aliphatic heterocycles. The van der Waals surface area contributed by atoms with E-state index in [0.29, 0.717) is 24.3 Å². The summed E-state index contributed by atoms with van der Waals surface area (Å²) in [7, 11) is -19.9. The normalized spacial score (nSPS) is 12.7. The van der Waals surface area contributed by atoms with Gasteiger partial charge in [0.25, 0.3) is 46.5 Å². The van der Waals surface area contributed by atoms with Crippen LogP contribution in [0.4, 0.5) is 22.7 Å². The van der Waals surface area contributed by atoms with E-state index >= 15 is 0 Å². The molecule has 0 saturated carbocycles. The van der Waals surface area contributed by atoms with Gasteiger partial charge in [-0.05, 0) is 117 Å². The molecule has 6 aromatic rings. The Hall–Kier alpha value is -0.165. The van der Waals surface area contributed by atoms with Crippen molar-refractivity contribution in [3.63, 3.8) is 0 Å². The molecular weight excluding hydrogens is 1030 g/mol. The number of fused-ring (bicyclic) bond motifs is 2. The van der Waals surface area contributed by atoms with Gasteiger partial charge in [-0.2, -0.15) is 38.7 Å². The molecule has 0 bridgehead atoms. The van der Waals surface area contributed by atoms with Crippen molar-refractivity contribution in [2.75, 3.05) is 5.32 Å². The van der Waals surface area contributed by atoms with Crippen LogP contribution in [0.15, 0.2) is 132 Å². The van der Waals surface area contributed by atoms with Crippen LogP contribution < -0.4 is 231 Å². The third kappa shape index (κ3) is 14.9. The zero-order valence-electron chi connectivity index (χ0n) is 33.3. The second-order valence-electron chi connectivity index (χ2n) is 12.3. The van der Waals surface area contributed by atoms with Crippen molar-refractivity contribution in [2.45, 2.75) is 19.6 Å². The van der Waals surface area contributed by atoms with Crippen LogP contribution in [0.1, 0.15) is 11.1 Å². The van der Waals surface area contributed by atoms with Gasteiger partial charge in [-0.1, -0.05) is 35.8 Å². The Morgan fingerprint density at radius 3 is 1.23 bits per heavy atom. The Labute approximate surface area is 533 Å². The molecule has 6 aromatic carbocycles. The molecule has 0 aliphatic rings. The maximum absolute atomic E-state index is 13.3. The van der Waals surface area contributed by atoms with Gasteiger partial charge in [0.1, 0.15) is 0 Å². The first-order chi connectivity index (χ1) is 27.8. The van der Waals surface area contributed by atoms with Crippen molar-refractivity contribution in [3.05, 3.63) is 108 Å². The van der Waals surface area contributed by atoms with Crippen molar-refractivity contribution in [1.29, 1.82) is 0 Å². The topological polar surface area (TPSA) is 379 Å². The fraction of sp³-hybridized carbons (Fsp3) is 0. The van der Waals surface area contributed by atoms with E-state index in [4.69, 9.17) is 0 Å². The van der Waals surface area contributed by atoms with E-state index in [1.165, 1.54) is 36.4 Å². The van der Waals surface area contributed by atoms with Crippen LogP contribution in [0.25, 0.3) is 21.5 Å². The summed E-state index contributed by atoms with van der Waals surface area (Å²) >= 11 is 0. The molecule has 6 rings (SSSR count). The van der Waals surface area contributed by atoms with Gasteiger partial charge < -0.3 is 30.8 Å². The summed E-state index contributed by atoms with van der Waals surface area (Å²) in [5.41, 5.74) is -1.69. The molecule has 21 nitrogen and oxygen atoms in total. The molecule has 0 spiro atoms. The van der Waals surface area contributed by atoms with Crippen molar-refractivity contribution >= 4 is 103 Å². The summed E-state index contributed by atoms with van der Waals surface area (Å²) in [6, 6.07) is 14.6. The van der Waals surface area contributed by atoms with Crippen LogP contribution in [-0.4, -0.2) is 74.8 Å². The van der Waals surface area contributed by atoms with Crippen molar-refractivity contribution < 1.29 is 283 Å². The van der Waals surface area contributed by atoms with Crippen molar-refractivity contribution in [2.24, 2.45) is 15.0 Å². The fourth-order valence-electron chi connectivity index (χ4n) is 5.64. The minimum absolute atomic E-state index is 0. The predicted octanol–water partition coefficient (Wildman–Crippen LogP) is -10.3. The molecule has 6 N–H and O–H groups in total. The van der Waals surface area contributed by atoms with E-state index in [1.807, 2.05) is 0 Å². The van der Waals surface area contributed by atoms with Crippen molar-refractivity contribution in [1.82, 2.24) is 0 Å². The maximum atomic E-state index is 13.3. The molecule has 0 amide bonds. The fourth-order valence-corrected chi connectivity index (χ4v) is 7.78.